The fraction of sp³-hybridized carbons (Fsp3) is 0.628. The summed E-state index contributed by atoms with van der Waals surface area (Å²) in [5.74, 6) is -1.74. The number of carbonyl (C=O) groups is 4. The molecule has 12 nitrogen and oxygen atoms in total. The summed E-state index contributed by atoms with van der Waals surface area (Å²) in [6.07, 6.45) is 4.61. The van der Waals surface area contributed by atoms with Crippen molar-refractivity contribution >= 4 is 23.5 Å². The highest BCUT2D eigenvalue weighted by atomic mass is 16.5. The number of amides is 3. The van der Waals surface area contributed by atoms with Crippen molar-refractivity contribution in [3.8, 4) is 5.75 Å². The minimum absolute atomic E-state index is 0.0121. The molecule has 12 heteroatoms. The Hall–Kier alpha value is -3.84. The zero-order valence-corrected chi connectivity index (χ0v) is 33.2. The number of ether oxygens (including phenoxy) is 1. The molecule has 0 spiro atoms. The summed E-state index contributed by atoms with van der Waals surface area (Å²) >= 11 is 0. The molecule has 0 radical (unpaired) electrons. The first kappa shape index (κ1) is 43.9. The summed E-state index contributed by atoms with van der Waals surface area (Å²) in [7, 11) is 0. The van der Waals surface area contributed by atoms with Crippen molar-refractivity contribution in [2.75, 3.05) is 26.3 Å². The van der Waals surface area contributed by atoms with Gasteiger partial charge in [0.05, 0.1) is 25.4 Å². The first-order valence-corrected chi connectivity index (χ1v) is 20.3. The SMILES string of the molecule is CC(C)CNC(=O)C(N)[C@@H](O)[C@H](CC1CCCCC1)C(=O)[C@H](CC(C)C)NC(=O)[C@H](Cc1ccccc1)NC(=O)CC1COc2ccc(CNCCO)cc21. The normalized spacial score (nSPS) is 18.5. The van der Waals surface area contributed by atoms with E-state index in [2.05, 4.69) is 21.3 Å². The highest BCUT2D eigenvalue weighted by molar-refractivity contribution is 5.95. The van der Waals surface area contributed by atoms with Crippen LogP contribution < -0.4 is 31.7 Å². The van der Waals surface area contributed by atoms with Crippen LogP contribution in [0.5, 0.6) is 5.75 Å². The van der Waals surface area contributed by atoms with Gasteiger partial charge in [0.25, 0.3) is 0 Å². The molecule has 0 aromatic heterocycles. The molecular weight excluding hydrogens is 699 g/mol. The molecular formula is C43H65N5O7. The molecule has 1 aliphatic carbocycles. The lowest BCUT2D eigenvalue weighted by Gasteiger charge is -2.34. The molecule has 2 unspecified atom stereocenters. The minimum atomic E-state index is -1.43. The first-order chi connectivity index (χ1) is 26.4. The maximum Gasteiger partial charge on any atom is 0.243 e. The fourth-order valence-electron chi connectivity index (χ4n) is 7.74. The summed E-state index contributed by atoms with van der Waals surface area (Å²) in [6.45, 7) is 9.65. The molecule has 0 saturated heterocycles. The summed E-state index contributed by atoms with van der Waals surface area (Å²) < 4.78 is 5.90. The Morgan fingerprint density at radius 1 is 0.891 bits per heavy atom. The molecule has 4 rings (SSSR count). The number of Topliss-reactive ketones (excluding diaryl/α,β-unsaturated/α-hetero) is 1. The Balaban J connectivity index is 1.54. The summed E-state index contributed by atoms with van der Waals surface area (Å²) in [6, 6.07) is 12.0. The highest BCUT2D eigenvalue weighted by Gasteiger charge is 2.40. The van der Waals surface area contributed by atoms with Gasteiger partial charge in [-0.15, -0.1) is 0 Å². The number of aliphatic hydroxyl groups is 2. The summed E-state index contributed by atoms with van der Waals surface area (Å²) in [4.78, 5) is 55.6. The zero-order chi connectivity index (χ0) is 39.9. The molecule has 1 heterocycles. The molecule has 3 amide bonds. The van der Waals surface area contributed by atoms with Crippen molar-refractivity contribution < 1.29 is 34.1 Å². The monoisotopic (exact) mass is 763 g/mol. The van der Waals surface area contributed by atoms with Crippen LogP contribution in [-0.2, 0) is 32.1 Å². The fourth-order valence-corrected chi connectivity index (χ4v) is 7.74. The number of rotatable bonds is 22. The van der Waals surface area contributed by atoms with Gasteiger partial charge in [-0.1, -0.05) is 102 Å². The first-order valence-electron chi connectivity index (χ1n) is 20.3. The van der Waals surface area contributed by atoms with Crippen LogP contribution >= 0.6 is 0 Å². The Bertz CT molecular complexity index is 1530. The van der Waals surface area contributed by atoms with E-state index in [0.29, 0.717) is 39.1 Å². The van der Waals surface area contributed by atoms with Crippen LogP contribution in [0.1, 0.15) is 102 Å². The lowest BCUT2D eigenvalue weighted by atomic mass is 9.76. The van der Waals surface area contributed by atoms with Crippen LogP contribution in [0, 0.1) is 23.7 Å². The number of hydrogen-bond acceptors (Lipinski definition) is 9. The molecule has 55 heavy (non-hydrogen) atoms. The van der Waals surface area contributed by atoms with E-state index in [4.69, 9.17) is 15.6 Å². The maximum absolute atomic E-state index is 14.6. The Kier molecular flexibility index (Phi) is 17.6. The van der Waals surface area contributed by atoms with Gasteiger partial charge < -0.3 is 42.0 Å². The van der Waals surface area contributed by atoms with Crippen molar-refractivity contribution in [3.05, 3.63) is 65.2 Å². The molecule has 2 aromatic carbocycles. The van der Waals surface area contributed by atoms with Crippen molar-refractivity contribution in [3.63, 3.8) is 0 Å². The Morgan fingerprint density at radius 2 is 1.62 bits per heavy atom. The van der Waals surface area contributed by atoms with E-state index >= 15 is 0 Å². The van der Waals surface area contributed by atoms with Gasteiger partial charge in [0, 0.05) is 49.9 Å². The van der Waals surface area contributed by atoms with Crippen molar-refractivity contribution in [2.45, 2.75) is 122 Å². The smallest absolute Gasteiger partial charge is 0.243 e. The lowest BCUT2D eigenvalue weighted by Crippen LogP contribution is -2.57. The molecule has 1 aliphatic heterocycles. The van der Waals surface area contributed by atoms with Crippen LogP contribution in [0.4, 0.5) is 0 Å². The van der Waals surface area contributed by atoms with Gasteiger partial charge in [0.1, 0.15) is 17.8 Å². The van der Waals surface area contributed by atoms with E-state index in [1.54, 1.807) is 0 Å². The van der Waals surface area contributed by atoms with E-state index in [1.165, 1.54) is 0 Å². The van der Waals surface area contributed by atoms with Gasteiger partial charge in [0.15, 0.2) is 5.78 Å². The third-order valence-electron chi connectivity index (χ3n) is 10.7. The van der Waals surface area contributed by atoms with Crippen LogP contribution in [0.2, 0.25) is 0 Å². The summed E-state index contributed by atoms with van der Waals surface area (Å²) in [5.41, 5.74) is 9.11. The molecule has 8 N–H and O–H groups in total. The molecule has 304 valence electrons. The topological polar surface area (TPSA) is 192 Å². The van der Waals surface area contributed by atoms with E-state index < -0.39 is 42.0 Å². The van der Waals surface area contributed by atoms with Gasteiger partial charge in [-0.25, -0.2) is 0 Å². The maximum atomic E-state index is 14.6. The number of carbonyl (C=O) groups excluding carboxylic acids is 4. The van der Waals surface area contributed by atoms with Crippen LogP contribution in [0.25, 0.3) is 0 Å². The largest absolute Gasteiger partial charge is 0.493 e. The standard InChI is InChI=1S/C43H65N5O7/c1-27(2)19-35(40(51)34(20-29-11-7-5-8-12-29)41(52)39(44)43(54)46-24-28(3)4)48-42(53)36(22-30-13-9-6-10-14-30)47-38(50)23-32-26-55-37-16-15-31(21-33(32)37)25-45-17-18-49/h6,9-10,13-16,21,27-29,32,34-36,39,41,45,49,52H,5,7-8,11-12,17-20,22-26,44H2,1-4H3,(H,46,54)(H,47,50)(H,48,53)/t32?,34-,35+,36+,39?,41+/m1/s1. The third-order valence-corrected chi connectivity index (χ3v) is 10.7. The van der Waals surface area contributed by atoms with E-state index in [-0.39, 0.29) is 54.8 Å². The molecule has 6 atom stereocenters. The van der Waals surface area contributed by atoms with Gasteiger partial charge in [-0.3, -0.25) is 19.2 Å². The predicted molar refractivity (Wildman–Crippen MR) is 213 cm³/mol. The van der Waals surface area contributed by atoms with Gasteiger partial charge in [-0.2, -0.15) is 0 Å². The van der Waals surface area contributed by atoms with E-state index in [1.807, 2.05) is 76.2 Å². The number of benzene rings is 2. The third kappa shape index (κ3) is 13.7. The van der Waals surface area contributed by atoms with E-state index in [9.17, 15) is 24.3 Å². The van der Waals surface area contributed by atoms with Gasteiger partial charge in [0.2, 0.25) is 17.7 Å². The average Bonchev–Trinajstić information content (AvgIpc) is 3.56. The minimum Gasteiger partial charge on any atom is -0.493 e. The second-order valence-corrected chi connectivity index (χ2v) is 16.4. The second kappa shape index (κ2) is 22.0. The second-order valence-electron chi connectivity index (χ2n) is 16.4. The van der Waals surface area contributed by atoms with Crippen LogP contribution in [0.3, 0.4) is 0 Å². The van der Waals surface area contributed by atoms with Crippen molar-refractivity contribution in [2.24, 2.45) is 29.4 Å². The molecule has 2 aromatic rings. The quantitative estimate of drug-likeness (QED) is 0.0880. The number of nitrogens with two attached hydrogens (primary N) is 1. The molecule has 1 saturated carbocycles. The number of hydrogen-bond donors (Lipinski definition) is 7. The van der Waals surface area contributed by atoms with Crippen LogP contribution in [-0.4, -0.2) is 84.3 Å². The zero-order valence-electron chi connectivity index (χ0n) is 33.2. The number of aliphatic hydroxyl groups excluding tert-OH is 2. The number of fused-ring (bicyclic) bond motifs is 1. The average molecular weight is 764 g/mol. The summed E-state index contributed by atoms with van der Waals surface area (Å²) in [5, 5.41) is 32.7. The van der Waals surface area contributed by atoms with Crippen molar-refractivity contribution in [1.29, 1.82) is 0 Å². The Labute approximate surface area is 327 Å². The molecule has 1 fully saturated rings. The number of ketones is 1. The predicted octanol–water partition coefficient (Wildman–Crippen LogP) is 3.51. The van der Waals surface area contributed by atoms with Crippen LogP contribution in [0.15, 0.2) is 48.5 Å². The Morgan fingerprint density at radius 3 is 2.29 bits per heavy atom. The van der Waals surface area contributed by atoms with Crippen molar-refractivity contribution in [1.82, 2.24) is 21.3 Å². The van der Waals surface area contributed by atoms with Gasteiger partial charge in [-0.05, 0) is 47.8 Å². The molecule has 2 aliphatic rings. The lowest BCUT2D eigenvalue weighted by molar-refractivity contribution is -0.137. The number of nitrogens with one attached hydrogen (secondary N) is 4. The van der Waals surface area contributed by atoms with E-state index in [0.717, 1.165) is 54.5 Å². The highest BCUT2D eigenvalue weighted by Crippen LogP contribution is 2.37. The van der Waals surface area contributed by atoms with Gasteiger partial charge >= 0.3 is 0 Å². The molecule has 0 bridgehead atoms.